The van der Waals surface area contributed by atoms with E-state index in [4.69, 9.17) is 10.2 Å². The van der Waals surface area contributed by atoms with Crippen molar-refractivity contribution in [2.24, 2.45) is 5.92 Å². The number of aromatic nitrogens is 2. The molecule has 0 bridgehead atoms. The van der Waals surface area contributed by atoms with Gasteiger partial charge in [-0.1, -0.05) is 25.5 Å². The van der Waals surface area contributed by atoms with Gasteiger partial charge < -0.3 is 10.2 Å². The van der Waals surface area contributed by atoms with Crippen molar-refractivity contribution in [2.45, 2.75) is 52.1 Å². The van der Waals surface area contributed by atoms with Crippen LogP contribution in [0.5, 0.6) is 0 Å². The Morgan fingerprint density at radius 3 is 2.86 bits per heavy atom. The molecule has 0 radical (unpaired) electrons. The van der Waals surface area contributed by atoms with E-state index in [0.29, 0.717) is 25.1 Å². The third-order valence-electron chi connectivity index (χ3n) is 5.00. The van der Waals surface area contributed by atoms with E-state index in [1.165, 1.54) is 15.7 Å². The van der Waals surface area contributed by atoms with Crippen LogP contribution in [0, 0.1) is 5.92 Å². The minimum Gasteiger partial charge on any atom is -0.467 e. The van der Waals surface area contributed by atoms with Crippen LogP contribution in [-0.2, 0) is 17.9 Å². The Bertz CT molecular complexity index is 956. The van der Waals surface area contributed by atoms with E-state index >= 15 is 0 Å². The molecule has 0 fully saturated rings. The van der Waals surface area contributed by atoms with Gasteiger partial charge >= 0.3 is 5.69 Å². The molecule has 0 spiro atoms. The summed E-state index contributed by atoms with van der Waals surface area (Å²) in [6.45, 7) is 2.45. The molecule has 2 heterocycles. The van der Waals surface area contributed by atoms with E-state index in [9.17, 15) is 14.4 Å². The van der Waals surface area contributed by atoms with Gasteiger partial charge in [-0.15, -0.1) is 0 Å². The number of amides is 1. The number of carbonyl (C=O) groups excluding carboxylic acids is 1. The number of carbonyl (C=O) groups is 1. The summed E-state index contributed by atoms with van der Waals surface area (Å²) in [7, 11) is 0. The van der Waals surface area contributed by atoms with Gasteiger partial charge in [0.2, 0.25) is 5.91 Å². The van der Waals surface area contributed by atoms with E-state index in [1.54, 1.807) is 12.1 Å². The highest BCUT2D eigenvalue weighted by atomic mass is 16.3. The predicted molar refractivity (Wildman–Crippen MR) is 107 cm³/mol. The van der Waals surface area contributed by atoms with Gasteiger partial charge in [-0.25, -0.2) is 4.79 Å². The normalized spacial score (nSPS) is 16.2. The first kappa shape index (κ1) is 19.7. The summed E-state index contributed by atoms with van der Waals surface area (Å²) in [5.41, 5.74) is 5.00. The Hall–Kier alpha value is -3.03. The summed E-state index contributed by atoms with van der Waals surface area (Å²) in [6.07, 6.45) is 9.26. The van der Waals surface area contributed by atoms with Crippen LogP contribution in [0.25, 0.3) is 0 Å². The molecule has 8 heteroatoms. The van der Waals surface area contributed by atoms with Crippen molar-refractivity contribution in [1.82, 2.24) is 9.55 Å². The molecule has 1 atom stereocenters. The van der Waals surface area contributed by atoms with Gasteiger partial charge in [-0.05, 0) is 37.8 Å². The van der Waals surface area contributed by atoms with Crippen molar-refractivity contribution in [3.05, 3.63) is 57.1 Å². The summed E-state index contributed by atoms with van der Waals surface area (Å²) >= 11 is 0. The smallest absolute Gasteiger partial charge is 0.330 e. The highest BCUT2D eigenvalue weighted by Gasteiger charge is 2.30. The maximum Gasteiger partial charge on any atom is 0.330 e. The monoisotopic (exact) mass is 386 g/mol. The van der Waals surface area contributed by atoms with Crippen LogP contribution < -0.4 is 21.9 Å². The predicted octanol–water partition coefficient (Wildman–Crippen LogP) is 2.40. The van der Waals surface area contributed by atoms with E-state index < -0.39 is 11.2 Å². The molecule has 0 aliphatic heterocycles. The largest absolute Gasteiger partial charge is 0.467 e. The van der Waals surface area contributed by atoms with Gasteiger partial charge in [0, 0.05) is 12.5 Å². The molecule has 150 valence electrons. The quantitative estimate of drug-likeness (QED) is 0.709. The molecule has 0 saturated carbocycles. The Morgan fingerprint density at radius 1 is 1.39 bits per heavy atom. The number of nitrogens with two attached hydrogens (primary N) is 1. The fraction of sp³-hybridized carbons (Fsp3) is 0.450. The molecule has 1 aliphatic rings. The summed E-state index contributed by atoms with van der Waals surface area (Å²) in [5.74, 6) is 0.103. The number of rotatable bonds is 7. The van der Waals surface area contributed by atoms with Crippen molar-refractivity contribution < 1.29 is 9.21 Å². The fourth-order valence-electron chi connectivity index (χ4n) is 3.44. The average molecular weight is 386 g/mol. The lowest BCUT2D eigenvalue weighted by molar-refractivity contribution is -0.122. The Morgan fingerprint density at radius 2 is 2.21 bits per heavy atom. The number of unbranched alkanes of at least 4 members (excludes halogenated alkanes) is 1. The minimum absolute atomic E-state index is 0.00616. The number of hydrogen-bond acceptors (Lipinski definition) is 5. The second-order valence-corrected chi connectivity index (χ2v) is 6.98. The van der Waals surface area contributed by atoms with Gasteiger partial charge in [-0.3, -0.25) is 24.0 Å². The molecule has 8 nitrogen and oxygen atoms in total. The molecule has 28 heavy (non-hydrogen) atoms. The lowest BCUT2D eigenvalue weighted by Gasteiger charge is -2.28. The van der Waals surface area contributed by atoms with E-state index in [1.807, 2.05) is 19.1 Å². The maximum atomic E-state index is 13.3. The third-order valence-corrected chi connectivity index (χ3v) is 5.00. The first-order valence-corrected chi connectivity index (χ1v) is 9.64. The van der Waals surface area contributed by atoms with Crippen molar-refractivity contribution in [3.8, 4) is 0 Å². The number of H-pyrrole nitrogens is 1. The fourth-order valence-corrected chi connectivity index (χ4v) is 3.44. The number of nitrogens with one attached hydrogen (secondary N) is 1. The molecule has 3 N–H and O–H groups in total. The highest BCUT2D eigenvalue weighted by molar-refractivity contribution is 5.97. The zero-order valence-electron chi connectivity index (χ0n) is 16.0. The summed E-state index contributed by atoms with van der Waals surface area (Å²) in [4.78, 5) is 41.8. The van der Waals surface area contributed by atoms with Crippen molar-refractivity contribution in [3.63, 3.8) is 0 Å². The third kappa shape index (κ3) is 4.11. The van der Waals surface area contributed by atoms with Crippen LogP contribution in [0.4, 0.5) is 11.5 Å². The van der Waals surface area contributed by atoms with Crippen LogP contribution in [0.1, 0.15) is 44.8 Å². The molecule has 3 rings (SSSR count). The molecule has 1 unspecified atom stereocenters. The molecule has 2 aromatic heterocycles. The topological polar surface area (TPSA) is 114 Å². The van der Waals surface area contributed by atoms with Gasteiger partial charge in [0.05, 0.1) is 12.8 Å². The zero-order valence-corrected chi connectivity index (χ0v) is 16.0. The minimum atomic E-state index is -0.665. The number of furan rings is 1. The Balaban J connectivity index is 2.06. The van der Waals surface area contributed by atoms with Crippen LogP contribution in [-0.4, -0.2) is 15.5 Å². The van der Waals surface area contributed by atoms with E-state index in [0.717, 1.165) is 19.3 Å². The van der Waals surface area contributed by atoms with Crippen molar-refractivity contribution in [1.29, 1.82) is 0 Å². The van der Waals surface area contributed by atoms with Crippen LogP contribution in [0.2, 0.25) is 0 Å². The van der Waals surface area contributed by atoms with Crippen LogP contribution >= 0.6 is 0 Å². The van der Waals surface area contributed by atoms with E-state index in [2.05, 4.69) is 4.98 Å². The number of hydrogen-bond donors (Lipinski definition) is 2. The maximum absolute atomic E-state index is 13.3. The second-order valence-electron chi connectivity index (χ2n) is 6.98. The molecule has 1 aliphatic carbocycles. The standard InChI is InChI=1S/C20H26N4O4/c1-2-3-11-23-17(21)16(18(25)22-20(23)27)24(13-15-10-7-12-28-15)19(26)14-8-5-4-6-9-14/h4-5,7,10,12,14H,2-3,6,8-9,11,13,21H2,1H3,(H,22,25,27). The Kier molecular flexibility index (Phi) is 6.18. The first-order chi connectivity index (χ1) is 13.5. The summed E-state index contributed by atoms with van der Waals surface area (Å²) in [6, 6.07) is 3.45. The SMILES string of the molecule is CCCCn1c(N)c(N(Cc2ccco2)C(=O)C2CC=CCC2)c(=O)[nH]c1=O. The first-order valence-electron chi connectivity index (χ1n) is 9.64. The number of allylic oxidation sites excluding steroid dienone is 2. The van der Waals surface area contributed by atoms with Crippen LogP contribution in [0.3, 0.4) is 0 Å². The van der Waals surface area contributed by atoms with E-state index in [-0.39, 0.29) is 29.9 Å². The lowest BCUT2D eigenvalue weighted by Crippen LogP contribution is -2.43. The number of aromatic amines is 1. The molecular weight excluding hydrogens is 360 g/mol. The average Bonchev–Trinajstić information content (AvgIpc) is 3.20. The van der Waals surface area contributed by atoms with Gasteiger partial charge in [0.15, 0.2) is 5.69 Å². The number of nitrogens with zero attached hydrogens (tertiary/aromatic N) is 2. The zero-order chi connectivity index (χ0) is 20.1. The number of nitrogen functional groups attached to an aromatic ring is 1. The lowest BCUT2D eigenvalue weighted by atomic mass is 9.93. The molecule has 1 amide bonds. The van der Waals surface area contributed by atoms with Gasteiger partial charge in [0.1, 0.15) is 11.6 Å². The molecule has 0 saturated heterocycles. The van der Waals surface area contributed by atoms with Gasteiger partial charge in [-0.2, -0.15) is 0 Å². The second kappa shape index (κ2) is 8.77. The van der Waals surface area contributed by atoms with Crippen LogP contribution in [0.15, 0.2) is 44.6 Å². The summed E-state index contributed by atoms with van der Waals surface area (Å²) < 4.78 is 6.71. The number of anilines is 2. The Labute approximate surface area is 162 Å². The van der Waals surface area contributed by atoms with Gasteiger partial charge in [0.25, 0.3) is 5.56 Å². The van der Waals surface area contributed by atoms with Crippen molar-refractivity contribution in [2.75, 3.05) is 10.6 Å². The van der Waals surface area contributed by atoms with Crippen molar-refractivity contribution >= 4 is 17.4 Å². The summed E-state index contributed by atoms with van der Waals surface area (Å²) in [5, 5.41) is 0. The highest BCUT2D eigenvalue weighted by Crippen LogP contribution is 2.27. The molecule has 2 aromatic rings. The molecular formula is C20H26N4O4. The molecule has 0 aromatic carbocycles.